The molecule has 2 aromatic rings. The zero-order chi connectivity index (χ0) is 25.9. The molecule has 2 aliphatic heterocycles. The van der Waals surface area contributed by atoms with E-state index in [1.165, 1.54) is 16.7 Å². The summed E-state index contributed by atoms with van der Waals surface area (Å²) in [5, 5.41) is 0. The highest BCUT2D eigenvalue weighted by Crippen LogP contribution is 2.33. The van der Waals surface area contributed by atoms with Gasteiger partial charge in [-0.3, -0.25) is 14.5 Å². The number of carbonyl (C=O) groups excluding carboxylic acids is 2. The number of carbonyl (C=O) groups is 2. The summed E-state index contributed by atoms with van der Waals surface area (Å²) in [6.07, 6.45) is 2.79. The summed E-state index contributed by atoms with van der Waals surface area (Å²) >= 11 is 6.65. The van der Waals surface area contributed by atoms with E-state index >= 15 is 0 Å². The van der Waals surface area contributed by atoms with E-state index in [1.807, 2.05) is 37.3 Å². The first kappa shape index (κ1) is 26.4. The zero-order valence-electron chi connectivity index (χ0n) is 20.1. The molecule has 3 heterocycles. The lowest BCUT2D eigenvalue weighted by Crippen LogP contribution is -2.41. The number of thiocarbonyl (C=S) groups is 1. The van der Waals surface area contributed by atoms with Crippen LogP contribution in [0.2, 0.25) is 0 Å². The summed E-state index contributed by atoms with van der Waals surface area (Å²) in [6.45, 7) is 2.35. The minimum atomic E-state index is -3.16. The largest absolute Gasteiger partial charge is 0.497 e. The van der Waals surface area contributed by atoms with Crippen molar-refractivity contribution < 1.29 is 27.2 Å². The van der Waals surface area contributed by atoms with Crippen LogP contribution in [0.15, 0.2) is 45.7 Å². The summed E-state index contributed by atoms with van der Waals surface area (Å²) in [5.41, 5.74) is 0.863. The normalized spacial score (nSPS) is 20.3. The fraction of sp³-hybridized carbons (Fsp3) is 0.400. The Labute approximate surface area is 220 Å². The molecular weight excluding hydrogens is 520 g/mol. The predicted octanol–water partition coefficient (Wildman–Crippen LogP) is 3.79. The minimum Gasteiger partial charge on any atom is -0.497 e. The first-order chi connectivity index (χ1) is 17.1. The van der Waals surface area contributed by atoms with E-state index in [1.54, 1.807) is 24.2 Å². The van der Waals surface area contributed by atoms with Crippen LogP contribution in [0.3, 0.4) is 0 Å². The summed E-state index contributed by atoms with van der Waals surface area (Å²) < 4.78 is 35.3. The summed E-state index contributed by atoms with van der Waals surface area (Å²) in [5.74, 6) is 1.78. The number of benzene rings is 1. The third kappa shape index (κ3) is 6.37. The van der Waals surface area contributed by atoms with E-state index in [0.717, 1.165) is 17.1 Å². The van der Waals surface area contributed by atoms with Crippen molar-refractivity contribution >= 4 is 56.0 Å². The maximum atomic E-state index is 13.2. The molecule has 0 aliphatic carbocycles. The number of rotatable bonds is 9. The van der Waals surface area contributed by atoms with Crippen molar-refractivity contribution in [3.63, 3.8) is 0 Å². The number of thioether (sulfide) groups is 1. The fourth-order valence-corrected chi connectivity index (χ4v) is 7.30. The Bertz CT molecular complexity index is 1280. The van der Waals surface area contributed by atoms with Crippen LogP contribution >= 0.6 is 24.0 Å². The fourth-order valence-electron chi connectivity index (χ4n) is 4.26. The Balaban J connectivity index is 1.37. The Hall–Kier alpha value is -2.63. The Morgan fingerprint density at radius 3 is 2.64 bits per heavy atom. The maximum Gasteiger partial charge on any atom is 0.266 e. The molecule has 0 saturated carbocycles. The molecule has 4 rings (SSSR count). The molecule has 2 aliphatic rings. The van der Waals surface area contributed by atoms with Crippen molar-refractivity contribution in [1.82, 2.24) is 9.80 Å². The van der Waals surface area contributed by atoms with Crippen LogP contribution in [0.4, 0.5) is 0 Å². The summed E-state index contributed by atoms with van der Waals surface area (Å²) in [6, 6.07) is 10.6. The van der Waals surface area contributed by atoms with Crippen molar-refractivity contribution in [2.45, 2.75) is 38.8 Å². The number of nitrogens with zero attached hydrogens (tertiary/aromatic N) is 2. The molecule has 2 saturated heterocycles. The van der Waals surface area contributed by atoms with Crippen molar-refractivity contribution in [3.05, 3.63) is 58.4 Å². The lowest BCUT2D eigenvalue weighted by Gasteiger charge is -2.28. The van der Waals surface area contributed by atoms with Crippen LogP contribution in [0.5, 0.6) is 5.75 Å². The quantitative estimate of drug-likeness (QED) is 0.345. The highest BCUT2D eigenvalue weighted by atomic mass is 32.2. The van der Waals surface area contributed by atoms with Gasteiger partial charge in [0, 0.05) is 19.0 Å². The van der Waals surface area contributed by atoms with Gasteiger partial charge in [-0.15, -0.1) is 0 Å². The smallest absolute Gasteiger partial charge is 0.266 e. The van der Waals surface area contributed by atoms with Gasteiger partial charge in [0.2, 0.25) is 5.91 Å². The molecule has 0 N–H and O–H groups in total. The molecule has 11 heteroatoms. The number of furan rings is 1. The van der Waals surface area contributed by atoms with E-state index in [2.05, 4.69) is 0 Å². The number of amides is 2. The monoisotopic (exact) mass is 548 g/mol. The van der Waals surface area contributed by atoms with Gasteiger partial charge in [-0.05, 0) is 55.7 Å². The first-order valence-electron chi connectivity index (χ1n) is 11.6. The van der Waals surface area contributed by atoms with E-state index < -0.39 is 9.84 Å². The molecule has 1 aromatic carbocycles. The van der Waals surface area contributed by atoms with Crippen LogP contribution in [0, 0.1) is 6.92 Å². The first-order valence-corrected chi connectivity index (χ1v) is 14.6. The molecule has 2 fully saturated rings. The molecule has 0 spiro atoms. The van der Waals surface area contributed by atoms with Gasteiger partial charge in [-0.1, -0.05) is 36.1 Å². The van der Waals surface area contributed by atoms with Gasteiger partial charge < -0.3 is 14.1 Å². The maximum absolute atomic E-state index is 13.2. The molecule has 2 amide bonds. The molecule has 0 bridgehead atoms. The Morgan fingerprint density at radius 2 is 2.03 bits per heavy atom. The Kier molecular flexibility index (Phi) is 8.21. The molecular formula is C25H28N2O6S3. The molecule has 1 atom stereocenters. The van der Waals surface area contributed by atoms with Crippen LogP contribution in [0.1, 0.15) is 36.3 Å². The van der Waals surface area contributed by atoms with Gasteiger partial charge in [0.1, 0.15) is 21.6 Å². The van der Waals surface area contributed by atoms with Gasteiger partial charge >= 0.3 is 0 Å². The number of aryl methyl sites for hydroxylation is 1. The molecule has 1 unspecified atom stereocenters. The molecule has 192 valence electrons. The summed E-state index contributed by atoms with van der Waals surface area (Å²) in [4.78, 5) is 29.8. The molecule has 0 radical (unpaired) electrons. The number of hydrogen-bond donors (Lipinski definition) is 0. The van der Waals surface area contributed by atoms with Gasteiger partial charge in [-0.25, -0.2) is 8.42 Å². The van der Waals surface area contributed by atoms with Gasteiger partial charge in [0.05, 0.1) is 30.1 Å². The standard InChI is InChI=1S/C25H28N2O6S3/c1-17-5-8-21(33-17)15-27(19-11-13-36(30,31)16-19)23(28)4-3-12-26-24(29)22(35-25(26)34)14-18-6-9-20(32-2)10-7-18/h5-10,14,19H,3-4,11-13,15-16H2,1-2H3/b22-14-. The van der Waals surface area contributed by atoms with E-state index in [-0.39, 0.29) is 42.3 Å². The SMILES string of the molecule is COc1ccc(/C=C2\SC(=S)N(CCCC(=O)N(Cc3ccc(C)o3)C3CCS(=O)(=O)C3)C2=O)cc1. The van der Waals surface area contributed by atoms with Gasteiger partial charge in [0.25, 0.3) is 5.91 Å². The summed E-state index contributed by atoms with van der Waals surface area (Å²) in [7, 11) is -1.56. The molecule has 8 nitrogen and oxygen atoms in total. The van der Waals surface area contributed by atoms with Crippen molar-refractivity contribution in [2.24, 2.45) is 0 Å². The molecule has 1 aromatic heterocycles. The van der Waals surface area contributed by atoms with Gasteiger partial charge in [-0.2, -0.15) is 0 Å². The van der Waals surface area contributed by atoms with E-state index in [9.17, 15) is 18.0 Å². The number of hydrogen-bond acceptors (Lipinski definition) is 8. The number of ether oxygens (including phenoxy) is 1. The highest BCUT2D eigenvalue weighted by molar-refractivity contribution is 8.26. The second-order valence-electron chi connectivity index (χ2n) is 8.80. The lowest BCUT2D eigenvalue weighted by molar-refractivity contribution is -0.134. The van der Waals surface area contributed by atoms with Gasteiger partial charge in [0.15, 0.2) is 9.84 Å². The third-order valence-electron chi connectivity index (χ3n) is 6.15. The van der Waals surface area contributed by atoms with Crippen LogP contribution < -0.4 is 4.74 Å². The Morgan fingerprint density at radius 1 is 1.28 bits per heavy atom. The van der Waals surface area contributed by atoms with Crippen molar-refractivity contribution in [2.75, 3.05) is 25.2 Å². The lowest BCUT2D eigenvalue weighted by atomic mass is 10.1. The van der Waals surface area contributed by atoms with E-state index in [4.69, 9.17) is 21.4 Å². The van der Waals surface area contributed by atoms with Crippen LogP contribution in [-0.2, 0) is 26.0 Å². The van der Waals surface area contributed by atoms with Crippen LogP contribution in [-0.4, -0.2) is 65.6 Å². The van der Waals surface area contributed by atoms with Crippen LogP contribution in [0.25, 0.3) is 6.08 Å². The average molecular weight is 549 g/mol. The van der Waals surface area contributed by atoms with Crippen molar-refractivity contribution in [3.8, 4) is 5.75 Å². The molecule has 36 heavy (non-hydrogen) atoms. The topological polar surface area (TPSA) is 97.1 Å². The number of methoxy groups -OCH3 is 1. The predicted molar refractivity (Wildman–Crippen MR) is 143 cm³/mol. The second-order valence-corrected chi connectivity index (χ2v) is 12.7. The highest BCUT2D eigenvalue weighted by Gasteiger charge is 2.36. The second kappa shape index (κ2) is 11.2. The van der Waals surface area contributed by atoms with Crippen molar-refractivity contribution in [1.29, 1.82) is 0 Å². The average Bonchev–Trinajstić information content (AvgIpc) is 3.50. The van der Waals surface area contributed by atoms with E-state index in [0.29, 0.717) is 34.4 Å². The number of sulfone groups is 1. The minimum absolute atomic E-state index is 0.0384. The zero-order valence-corrected chi connectivity index (χ0v) is 22.6. The third-order valence-corrected chi connectivity index (χ3v) is 9.28.